The number of rotatable bonds is 8. The lowest BCUT2D eigenvalue weighted by Gasteiger charge is -2.30. The Hall–Kier alpha value is -7.16. The van der Waals surface area contributed by atoms with Gasteiger partial charge in [-0.1, -0.05) is 164 Å². The average Bonchev–Trinajstić information content (AvgIpc) is 3.27. The summed E-state index contributed by atoms with van der Waals surface area (Å²) in [5, 5.41) is 3.90. The second kappa shape index (κ2) is 15.5. The molecule has 7 aromatic carbocycles. The molecule has 1 aliphatic carbocycles. The molecular weight excluding hydrogens is 689 g/mol. The number of fused-ring (bicyclic) bond motifs is 1. The van der Waals surface area contributed by atoms with E-state index in [4.69, 9.17) is 0 Å². The second-order valence-electron chi connectivity index (χ2n) is 15.1. The van der Waals surface area contributed by atoms with Crippen LogP contribution >= 0.6 is 0 Å². The van der Waals surface area contributed by atoms with Crippen molar-refractivity contribution in [3.63, 3.8) is 0 Å². The van der Waals surface area contributed by atoms with Crippen LogP contribution in [0.3, 0.4) is 0 Å². The maximum absolute atomic E-state index is 4.60. The number of nitrogens with one attached hydrogen (secondary N) is 1. The minimum Gasteiger partial charge on any atom is -0.376 e. The molecule has 0 aromatic heterocycles. The van der Waals surface area contributed by atoms with E-state index in [9.17, 15) is 0 Å². The summed E-state index contributed by atoms with van der Waals surface area (Å²) in [6, 6.07) is 63.1. The predicted molar refractivity (Wildman–Crippen MR) is 244 cm³/mol. The Kier molecular flexibility index (Phi) is 9.68. The number of hydrogen-bond donors (Lipinski definition) is 1. The maximum Gasteiger partial charge on any atom is 0.0565 e. The summed E-state index contributed by atoms with van der Waals surface area (Å²) in [7, 11) is 0. The van der Waals surface area contributed by atoms with Crippen LogP contribution in [0.5, 0.6) is 0 Å². The minimum atomic E-state index is -0.171. The molecule has 1 aliphatic heterocycles. The first-order valence-corrected chi connectivity index (χ1v) is 19.7. The maximum atomic E-state index is 4.60. The first kappa shape index (κ1) is 35.5. The van der Waals surface area contributed by atoms with E-state index in [2.05, 4.69) is 242 Å². The van der Waals surface area contributed by atoms with Crippen molar-refractivity contribution in [2.24, 2.45) is 0 Å². The Balaban J connectivity index is 1.07. The molecule has 1 heterocycles. The van der Waals surface area contributed by atoms with Crippen LogP contribution in [0.2, 0.25) is 0 Å². The Bertz CT molecular complexity index is 2680. The van der Waals surface area contributed by atoms with Gasteiger partial charge in [0.2, 0.25) is 0 Å². The third kappa shape index (κ3) is 7.59. The zero-order valence-electron chi connectivity index (χ0n) is 32.1. The standard InChI is InChI=1S/C55H44N2/c1-40-36-48(42-18-9-4-10-19-42)32-35-57(50-22-11-5-12-23-50)54-31-29-47(38-51(40)54)44-26-24-43(25-27-44)46-28-30-53(56-55(2)33-13-6-14-34-55)52(39-46)49-21-15-20-45(37-49)41-16-7-3-8-17-41/h3-33,35-39,56H,1,34H2,2H3/b35-32-,48-36+. The van der Waals surface area contributed by atoms with Gasteiger partial charge in [-0.3, -0.25) is 0 Å². The van der Waals surface area contributed by atoms with Gasteiger partial charge in [0.05, 0.1) is 11.2 Å². The molecule has 1 atom stereocenters. The molecule has 1 N–H and O–H groups in total. The van der Waals surface area contributed by atoms with E-state index in [1.165, 1.54) is 33.4 Å². The summed E-state index contributed by atoms with van der Waals surface area (Å²) in [4.78, 5) is 2.26. The van der Waals surface area contributed by atoms with E-state index >= 15 is 0 Å². The first-order valence-electron chi connectivity index (χ1n) is 19.7. The molecule has 2 nitrogen and oxygen atoms in total. The van der Waals surface area contributed by atoms with Crippen LogP contribution in [0.4, 0.5) is 17.1 Å². The highest BCUT2D eigenvalue weighted by Crippen LogP contribution is 2.41. The summed E-state index contributed by atoms with van der Waals surface area (Å²) in [5.74, 6) is 0. The van der Waals surface area contributed by atoms with Gasteiger partial charge in [0.1, 0.15) is 0 Å². The van der Waals surface area contributed by atoms with Crippen molar-refractivity contribution in [3.8, 4) is 44.5 Å². The van der Waals surface area contributed by atoms with Crippen molar-refractivity contribution in [1.82, 2.24) is 0 Å². The molecule has 9 rings (SSSR count). The molecule has 0 spiro atoms. The molecule has 57 heavy (non-hydrogen) atoms. The van der Waals surface area contributed by atoms with E-state index < -0.39 is 0 Å². The monoisotopic (exact) mass is 732 g/mol. The normalized spacial score (nSPS) is 17.5. The van der Waals surface area contributed by atoms with Crippen LogP contribution in [-0.4, -0.2) is 5.54 Å². The Morgan fingerprint density at radius 3 is 1.77 bits per heavy atom. The van der Waals surface area contributed by atoms with Crippen LogP contribution in [0.25, 0.3) is 55.7 Å². The number of nitrogens with zero attached hydrogens (tertiary/aromatic N) is 1. The van der Waals surface area contributed by atoms with Gasteiger partial charge < -0.3 is 10.2 Å². The number of allylic oxidation sites excluding steroid dienone is 6. The summed E-state index contributed by atoms with van der Waals surface area (Å²) < 4.78 is 0. The molecule has 7 aromatic rings. The lowest BCUT2D eigenvalue weighted by molar-refractivity contribution is 0.641. The number of para-hydroxylation sites is 1. The van der Waals surface area contributed by atoms with Crippen molar-refractivity contribution < 1.29 is 0 Å². The molecular formula is C55H44N2. The van der Waals surface area contributed by atoms with Gasteiger partial charge in [0, 0.05) is 28.7 Å². The molecule has 0 fully saturated rings. The van der Waals surface area contributed by atoms with Gasteiger partial charge in [-0.05, 0) is 124 Å². The zero-order valence-corrected chi connectivity index (χ0v) is 32.1. The highest BCUT2D eigenvalue weighted by molar-refractivity contribution is 5.95. The summed E-state index contributed by atoms with van der Waals surface area (Å²) in [6.45, 7) is 6.87. The average molecular weight is 733 g/mol. The van der Waals surface area contributed by atoms with E-state index in [1.54, 1.807) is 0 Å². The van der Waals surface area contributed by atoms with Gasteiger partial charge in [0.25, 0.3) is 0 Å². The molecule has 0 amide bonds. The van der Waals surface area contributed by atoms with Crippen LogP contribution < -0.4 is 10.2 Å². The van der Waals surface area contributed by atoms with Gasteiger partial charge in [-0.2, -0.15) is 0 Å². The van der Waals surface area contributed by atoms with Gasteiger partial charge in [0.15, 0.2) is 0 Å². The smallest absolute Gasteiger partial charge is 0.0565 e. The topological polar surface area (TPSA) is 15.3 Å². The highest BCUT2D eigenvalue weighted by Gasteiger charge is 2.23. The molecule has 274 valence electrons. The Morgan fingerprint density at radius 2 is 1.09 bits per heavy atom. The molecule has 2 heteroatoms. The third-order valence-electron chi connectivity index (χ3n) is 11.0. The molecule has 2 aliphatic rings. The minimum absolute atomic E-state index is 0.171. The summed E-state index contributed by atoms with van der Waals surface area (Å²) in [6.07, 6.45) is 16.2. The summed E-state index contributed by atoms with van der Waals surface area (Å²) >= 11 is 0. The molecule has 0 radical (unpaired) electrons. The van der Waals surface area contributed by atoms with E-state index in [0.29, 0.717) is 0 Å². The third-order valence-corrected chi connectivity index (χ3v) is 11.0. The molecule has 0 bridgehead atoms. The Labute approximate surface area is 336 Å². The predicted octanol–water partition coefficient (Wildman–Crippen LogP) is 14.8. The van der Waals surface area contributed by atoms with Crippen molar-refractivity contribution >= 4 is 28.2 Å². The number of anilines is 3. The van der Waals surface area contributed by atoms with E-state index in [1.807, 2.05) is 0 Å². The van der Waals surface area contributed by atoms with Crippen molar-refractivity contribution in [2.75, 3.05) is 10.2 Å². The molecule has 1 unspecified atom stereocenters. The molecule has 0 saturated carbocycles. The van der Waals surface area contributed by atoms with Gasteiger partial charge >= 0.3 is 0 Å². The van der Waals surface area contributed by atoms with Crippen molar-refractivity contribution in [3.05, 3.63) is 236 Å². The van der Waals surface area contributed by atoms with Crippen LogP contribution in [0.1, 0.15) is 24.5 Å². The molecule has 0 saturated heterocycles. The summed E-state index contributed by atoms with van der Waals surface area (Å²) in [5.41, 5.74) is 16.9. The first-order chi connectivity index (χ1) is 28.0. The van der Waals surface area contributed by atoms with Crippen LogP contribution in [0, 0.1) is 0 Å². The van der Waals surface area contributed by atoms with E-state index in [0.717, 1.165) is 56.9 Å². The highest BCUT2D eigenvalue weighted by atomic mass is 15.1. The number of benzene rings is 7. The lowest BCUT2D eigenvalue weighted by atomic mass is 9.90. The fraction of sp³-hybridized carbons (Fsp3) is 0.0545. The quantitative estimate of drug-likeness (QED) is 0.167. The lowest BCUT2D eigenvalue weighted by Crippen LogP contribution is -2.32. The van der Waals surface area contributed by atoms with Crippen molar-refractivity contribution in [1.29, 1.82) is 0 Å². The van der Waals surface area contributed by atoms with Gasteiger partial charge in [-0.15, -0.1) is 0 Å². The van der Waals surface area contributed by atoms with Crippen LogP contribution in [0.15, 0.2) is 225 Å². The second-order valence-corrected chi connectivity index (χ2v) is 15.1. The van der Waals surface area contributed by atoms with Crippen LogP contribution in [-0.2, 0) is 0 Å². The fourth-order valence-electron chi connectivity index (χ4n) is 7.91. The Morgan fingerprint density at radius 1 is 0.526 bits per heavy atom. The number of hydrogen-bond acceptors (Lipinski definition) is 2. The van der Waals surface area contributed by atoms with E-state index in [-0.39, 0.29) is 5.54 Å². The van der Waals surface area contributed by atoms with Crippen molar-refractivity contribution in [2.45, 2.75) is 18.9 Å². The fourth-order valence-corrected chi connectivity index (χ4v) is 7.91. The van der Waals surface area contributed by atoms with Gasteiger partial charge in [-0.25, -0.2) is 0 Å². The SMILES string of the molecule is C=C1/C=C(c2ccccc2)\C=C/N(c2ccccc2)c2ccc(-c3ccc(-c4ccc(NC5(C)C=CC=CC5)c(-c5cccc(-c6ccccc6)c5)c4)cc3)cc21. The zero-order chi connectivity index (χ0) is 38.6. The largest absolute Gasteiger partial charge is 0.376 e.